The number of rotatable bonds is 4. The molecular weight excluding hydrogens is 218 g/mol. The summed E-state index contributed by atoms with van der Waals surface area (Å²) in [6.45, 7) is 3.30. The Hall–Kier alpha value is -1.55. The van der Waals surface area contributed by atoms with Crippen molar-refractivity contribution in [3.8, 4) is 5.75 Å². The summed E-state index contributed by atoms with van der Waals surface area (Å²) < 4.78 is 5.67. The lowest BCUT2D eigenvalue weighted by molar-refractivity contribution is -0.139. The summed E-state index contributed by atoms with van der Waals surface area (Å²) in [7, 11) is 0. The first-order valence-electron chi connectivity index (χ1n) is 5.81. The Morgan fingerprint density at radius 2 is 2.41 bits per heavy atom. The first-order valence-corrected chi connectivity index (χ1v) is 5.81. The lowest BCUT2D eigenvalue weighted by atomic mass is 10.1. The highest BCUT2D eigenvalue weighted by molar-refractivity contribution is 5.73. The molecule has 1 aromatic rings. The van der Waals surface area contributed by atoms with Gasteiger partial charge in [-0.05, 0) is 31.0 Å². The molecule has 2 rings (SSSR count). The third-order valence-corrected chi connectivity index (χ3v) is 3.00. The molecule has 1 fully saturated rings. The van der Waals surface area contributed by atoms with E-state index in [-0.39, 0.29) is 5.92 Å². The smallest absolute Gasteiger partial charge is 0.320 e. The number of carbonyl (C=O) groups is 1. The predicted molar refractivity (Wildman–Crippen MR) is 64.2 cm³/mol. The summed E-state index contributed by atoms with van der Waals surface area (Å²) in [5.41, 5.74) is 1.16. The van der Waals surface area contributed by atoms with Gasteiger partial charge in [0.1, 0.15) is 11.8 Å². The Morgan fingerprint density at radius 3 is 3.06 bits per heavy atom. The second-order valence-electron chi connectivity index (χ2n) is 4.53. The summed E-state index contributed by atoms with van der Waals surface area (Å²) in [6.07, 6.45) is 0.640. The fourth-order valence-corrected chi connectivity index (χ4v) is 2.04. The summed E-state index contributed by atoms with van der Waals surface area (Å²) in [5.74, 6) is 0.350. The second kappa shape index (κ2) is 5.19. The van der Waals surface area contributed by atoms with Gasteiger partial charge in [0.05, 0.1) is 6.61 Å². The molecule has 17 heavy (non-hydrogen) atoms. The van der Waals surface area contributed by atoms with Crippen molar-refractivity contribution in [2.75, 3.05) is 13.2 Å². The van der Waals surface area contributed by atoms with Crippen molar-refractivity contribution in [3.63, 3.8) is 0 Å². The number of carboxylic acids is 1. The van der Waals surface area contributed by atoms with Gasteiger partial charge in [-0.15, -0.1) is 0 Å². The zero-order valence-corrected chi connectivity index (χ0v) is 9.85. The standard InChI is InChI=1S/C13H17NO3/c1-9-3-2-4-11(5-9)17-8-10-6-12(13(15)16)14-7-10/h2-5,10,12,14H,6-8H2,1H3,(H,15,16)/t10-,12-/m0/s1. The first-order chi connectivity index (χ1) is 8.15. The molecule has 0 saturated carbocycles. The van der Waals surface area contributed by atoms with Crippen LogP contribution in [0.5, 0.6) is 5.75 Å². The van der Waals surface area contributed by atoms with E-state index in [1.54, 1.807) is 0 Å². The van der Waals surface area contributed by atoms with E-state index in [1.807, 2.05) is 31.2 Å². The zero-order chi connectivity index (χ0) is 12.3. The Balaban J connectivity index is 1.82. The number of aryl methyl sites for hydroxylation is 1. The van der Waals surface area contributed by atoms with Gasteiger partial charge in [-0.25, -0.2) is 0 Å². The Kier molecular flexibility index (Phi) is 3.64. The van der Waals surface area contributed by atoms with Gasteiger partial charge in [0.2, 0.25) is 0 Å². The average Bonchev–Trinajstić information content (AvgIpc) is 2.75. The zero-order valence-electron chi connectivity index (χ0n) is 9.85. The van der Waals surface area contributed by atoms with Crippen molar-refractivity contribution in [2.45, 2.75) is 19.4 Å². The number of aliphatic carboxylic acids is 1. The number of hydrogen-bond acceptors (Lipinski definition) is 3. The number of hydrogen-bond donors (Lipinski definition) is 2. The highest BCUT2D eigenvalue weighted by Gasteiger charge is 2.29. The number of benzene rings is 1. The van der Waals surface area contributed by atoms with Gasteiger partial charge in [-0.2, -0.15) is 0 Å². The molecule has 4 nitrogen and oxygen atoms in total. The highest BCUT2D eigenvalue weighted by Crippen LogP contribution is 2.18. The van der Waals surface area contributed by atoms with Crippen LogP contribution in [0.2, 0.25) is 0 Å². The van der Waals surface area contributed by atoms with E-state index in [4.69, 9.17) is 9.84 Å². The van der Waals surface area contributed by atoms with E-state index >= 15 is 0 Å². The van der Waals surface area contributed by atoms with Crippen molar-refractivity contribution in [1.82, 2.24) is 5.32 Å². The first kappa shape index (κ1) is 11.9. The topological polar surface area (TPSA) is 58.6 Å². The van der Waals surface area contributed by atoms with E-state index in [1.165, 1.54) is 0 Å². The molecule has 1 heterocycles. The lowest BCUT2D eigenvalue weighted by Crippen LogP contribution is -2.29. The Bertz CT molecular complexity index is 405. The summed E-state index contributed by atoms with van der Waals surface area (Å²) in [4.78, 5) is 10.8. The van der Waals surface area contributed by atoms with Gasteiger partial charge in [-0.3, -0.25) is 4.79 Å². The van der Waals surface area contributed by atoms with E-state index in [0.717, 1.165) is 11.3 Å². The molecule has 0 bridgehead atoms. The molecule has 0 radical (unpaired) electrons. The maximum Gasteiger partial charge on any atom is 0.320 e. The molecule has 4 heteroatoms. The second-order valence-corrected chi connectivity index (χ2v) is 4.53. The van der Waals surface area contributed by atoms with Gasteiger partial charge in [0, 0.05) is 12.5 Å². The van der Waals surface area contributed by atoms with E-state index in [2.05, 4.69) is 5.32 Å². The monoisotopic (exact) mass is 235 g/mol. The summed E-state index contributed by atoms with van der Waals surface area (Å²) in [5, 5.41) is 11.8. The van der Waals surface area contributed by atoms with Crippen molar-refractivity contribution >= 4 is 5.97 Å². The summed E-state index contributed by atoms with van der Waals surface area (Å²) >= 11 is 0. The lowest BCUT2D eigenvalue weighted by Gasteiger charge is -2.11. The van der Waals surface area contributed by atoms with Crippen LogP contribution in [0.3, 0.4) is 0 Å². The predicted octanol–water partition coefficient (Wildman–Crippen LogP) is 1.44. The van der Waals surface area contributed by atoms with Crippen LogP contribution in [-0.4, -0.2) is 30.3 Å². The molecule has 0 aliphatic carbocycles. The van der Waals surface area contributed by atoms with Crippen LogP contribution in [-0.2, 0) is 4.79 Å². The maximum atomic E-state index is 10.8. The molecule has 1 aliphatic heterocycles. The molecule has 1 aliphatic rings. The number of carboxylic acid groups (broad SMARTS) is 1. The highest BCUT2D eigenvalue weighted by atomic mass is 16.5. The van der Waals surface area contributed by atoms with Crippen LogP contribution in [0.1, 0.15) is 12.0 Å². The van der Waals surface area contributed by atoms with Gasteiger partial charge in [0.15, 0.2) is 0 Å². The van der Waals surface area contributed by atoms with Gasteiger partial charge in [0.25, 0.3) is 0 Å². The fourth-order valence-electron chi connectivity index (χ4n) is 2.04. The van der Waals surface area contributed by atoms with Crippen LogP contribution >= 0.6 is 0 Å². The summed E-state index contributed by atoms with van der Waals surface area (Å²) in [6, 6.07) is 7.46. The van der Waals surface area contributed by atoms with Crippen LogP contribution in [0.15, 0.2) is 24.3 Å². The number of nitrogens with one attached hydrogen (secondary N) is 1. The molecule has 2 atom stereocenters. The van der Waals surface area contributed by atoms with Crippen molar-refractivity contribution < 1.29 is 14.6 Å². The third-order valence-electron chi connectivity index (χ3n) is 3.00. The van der Waals surface area contributed by atoms with Crippen LogP contribution in [0.25, 0.3) is 0 Å². The minimum atomic E-state index is -0.775. The van der Waals surface area contributed by atoms with Gasteiger partial charge < -0.3 is 15.2 Å². The quantitative estimate of drug-likeness (QED) is 0.829. The number of ether oxygens (including phenoxy) is 1. The molecule has 2 N–H and O–H groups in total. The SMILES string of the molecule is Cc1cccc(OC[C@@H]2CN[C@H](C(=O)O)C2)c1. The molecular formula is C13H17NO3. The van der Waals surface area contributed by atoms with Crippen LogP contribution in [0, 0.1) is 12.8 Å². The fraction of sp³-hybridized carbons (Fsp3) is 0.462. The van der Waals surface area contributed by atoms with Crippen LogP contribution < -0.4 is 10.1 Å². The minimum absolute atomic E-state index is 0.275. The molecule has 92 valence electrons. The van der Waals surface area contributed by atoms with Crippen molar-refractivity contribution in [3.05, 3.63) is 29.8 Å². The molecule has 0 aromatic heterocycles. The normalized spacial score (nSPS) is 23.6. The van der Waals surface area contributed by atoms with Gasteiger partial charge in [-0.1, -0.05) is 12.1 Å². The molecule has 0 unspecified atom stereocenters. The van der Waals surface area contributed by atoms with Crippen LogP contribution in [0.4, 0.5) is 0 Å². The molecule has 0 spiro atoms. The average molecular weight is 235 g/mol. The Labute approximate surface area is 101 Å². The Morgan fingerprint density at radius 1 is 1.59 bits per heavy atom. The maximum absolute atomic E-state index is 10.8. The molecule has 1 saturated heterocycles. The van der Waals surface area contributed by atoms with Crippen molar-refractivity contribution in [2.24, 2.45) is 5.92 Å². The van der Waals surface area contributed by atoms with Crippen molar-refractivity contribution in [1.29, 1.82) is 0 Å². The molecule has 1 aromatic carbocycles. The minimum Gasteiger partial charge on any atom is -0.493 e. The van der Waals surface area contributed by atoms with Gasteiger partial charge >= 0.3 is 5.97 Å². The third kappa shape index (κ3) is 3.20. The molecule has 0 amide bonds. The van der Waals surface area contributed by atoms with E-state index in [9.17, 15) is 4.79 Å². The van der Waals surface area contributed by atoms with E-state index in [0.29, 0.717) is 19.6 Å². The largest absolute Gasteiger partial charge is 0.493 e. The van der Waals surface area contributed by atoms with E-state index < -0.39 is 12.0 Å².